The Labute approximate surface area is 128 Å². The molecule has 2 rings (SSSR count). The number of anilines is 3. The van der Waals surface area contributed by atoms with E-state index in [0.717, 1.165) is 5.69 Å². The molecular formula is C15H17ClN4O. The molecule has 3 N–H and O–H groups in total. The molecule has 0 saturated carbocycles. The van der Waals surface area contributed by atoms with Crippen LogP contribution in [0.2, 0.25) is 5.02 Å². The number of rotatable bonds is 4. The third-order valence-electron chi connectivity index (χ3n) is 2.90. The summed E-state index contributed by atoms with van der Waals surface area (Å²) in [6, 6.07) is 8.83. The van der Waals surface area contributed by atoms with E-state index >= 15 is 0 Å². The molecule has 0 aliphatic rings. The van der Waals surface area contributed by atoms with Crippen LogP contribution in [-0.4, -0.2) is 25.0 Å². The number of nitrogens with two attached hydrogens (primary N) is 1. The highest BCUT2D eigenvalue weighted by atomic mass is 35.5. The Hall–Kier alpha value is -2.27. The molecule has 21 heavy (non-hydrogen) atoms. The lowest BCUT2D eigenvalue weighted by Crippen LogP contribution is -2.18. The number of aromatic nitrogens is 1. The van der Waals surface area contributed by atoms with Gasteiger partial charge in [0.2, 0.25) is 5.91 Å². The average Bonchev–Trinajstić information content (AvgIpc) is 2.41. The Morgan fingerprint density at radius 1 is 1.33 bits per heavy atom. The molecule has 1 aromatic heterocycles. The van der Waals surface area contributed by atoms with Gasteiger partial charge in [-0.2, -0.15) is 0 Å². The van der Waals surface area contributed by atoms with E-state index in [1.54, 1.807) is 24.3 Å². The van der Waals surface area contributed by atoms with Gasteiger partial charge in [-0.1, -0.05) is 11.6 Å². The molecule has 0 fully saturated rings. The maximum atomic E-state index is 12.1. The number of halogens is 1. The molecule has 0 aliphatic carbocycles. The average molecular weight is 305 g/mol. The molecule has 110 valence electrons. The Morgan fingerprint density at radius 3 is 2.71 bits per heavy atom. The zero-order valence-corrected chi connectivity index (χ0v) is 12.7. The number of hydrogen-bond acceptors (Lipinski definition) is 4. The lowest BCUT2D eigenvalue weighted by atomic mass is 10.2. The molecule has 1 aromatic carbocycles. The Balaban J connectivity index is 2.12. The molecule has 0 bridgehead atoms. The monoisotopic (exact) mass is 304 g/mol. The van der Waals surface area contributed by atoms with Gasteiger partial charge in [0, 0.05) is 24.8 Å². The van der Waals surface area contributed by atoms with Gasteiger partial charge in [0.25, 0.3) is 0 Å². The van der Waals surface area contributed by atoms with Crippen LogP contribution in [-0.2, 0) is 11.2 Å². The van der Waals surface area contributed by atoms with Crippen LogP contribution in [0.15, 0.2) is 36.5 Å². The first kappa shape index (κ1) is 15.1. The summed E-state index contributed by atoms with van der Waals surface area (Å²) < 4.78 is 0. The standard InChI is InChI=1S/C15H17ClN4O/c1-20(2)14-6-3-10(16)7-13(14)19-15(21)8-12-5-4-11(17)9-18-12/h3-7,9H,8,17H2,1-2H3,(H,19,21). The van der Waals surface area contributed by atoms with E-state index in [4.69, 9.17) is 17.3 Å². The maximum Gasteiger partial charge on any atom is 0.230 e. The summed E-state index contributed by atoms with van der Waals surface area (Å²) in [4.78, 5) is 18.1. The minimum Gasteiger partial charge on any atom is -0.397 e. The molecule has 0 saturated heterocycles. The Kier molecular flexibility index (Phi) is 4.65. The van der Waals surface area contributed by atoms with Gasteiger partial charge in [-0.05, 0) is 30.3 Å². The van der Waals surface area contributed by atoms with Crippen LogP contribution in [0.3, 0.4) is 0 Å². The van der Waals surface area contributed by atoms with Crippen molar-refractivity contribution in [3.63, 3.8) is 0 Å². The molecule has 0 atom stereocenters. The number of benzene rings is 1. The summed E-state index contributed by atoms with van der Waals surface area (Å²) in [6.07, 6.45) is 1.72. The predicted molar refractivity (Wildman–Crippen MR) is 86.8 cm³/mol. The van der Waals surface area contributed by atoms with Crippen molar-refractivity contribution in [3.05, 3.63) is 47.2 Å². The normalized spacial score (nSPS) is 10.2. The summed E-state index contributed by atoms with van der Waals surface area (Å²) in [5, 5.41) is 3.43. The van der Waals surface area contributed by atoms with Gasteiger partial charge < -0.3 is 16.0 Å². The van der Waals surface area contributed by atoms with Crippen molar-refractivity contribution in [2.24, 2.45) is 0 Å². The number of nitrogen functional groups attached to an aromatic ring is 1. The second kappa shape index (κ2) is 6.45. The van der Waals surface area contributed by atoms with Gasteiger partial charge in [0.05, 0.1) is 29.7 Å². The van der Waals surface area contributed by atoms with Crippen molar-refractivity contribution in [1.82, 2.24) is 4.98 Å². The summed E-state index contributed by atoms with van der Waals surface area (Å²) in [5.41, 5.74) is 8.36. The maximum absolute atomic E-state index is 12.1. The fourth-order valence-corrected chi connectivity index (χ4v) is 2.07. The first-order valence-corrected chi connectivity index (χ1v) is 6.80. The van der Waals surface area contributed by atoms with Crippen molar-refractivity contribution in [1.29, 1.82) is 0 Å². The van der Waals surface area contributed by atoms with Crippen LogP contribution in [0, 0.1) is 0 Å². The highest BCUT2D eigenvalue weighted by molar-refractivity contribution is 6.31. The van der Waals surface area contributed by atoms with Crippen LogP contribution >= 0.6 is 11.6 Å². The molecule has 1 amide bonds. The van der Waals surface area contributed by atoms with Crippen molar-refractivity contribution in [3.8, 4) is 0 Å². The number of carbonyl (C=O) groups is 1. The molecule has 0 aliphatic heterocycles. The summed E-state index contributed by atoms with van der Waals surface area (Å²) >= 11 is 5.99. The molecule has 0 radical (unpaired) electrons. The van der Waals surface area contributed by atoms with Crippen LogP contribution in [0.25, 0.3) is 0 Å². The fraction of sp³-hybridized carbons (Fsp3) is 0.200. The van der Waals surface area contributed by atoms with Gasteiger partial charge >= 0.3 is 0 Å². The van der Waals surface area contributed by atoms with Crippen molar-refractivity contribution in [2.45, 2.75) is 6.42 Å². The molecule has 5 nitrogen and oxygen atoms in total. The minimum atomic E-state index is -0.155. The SMILES string of the molecule is CN(C)c1ccc(Cl)cc1NC(=O)Cc1ccc(N)cn1. The Bertz CT molecular complexity index is 641. The molecular weight excluding hydrogens is 288 g/mol. The first-order valence-electron chi connectivity index (χ1n) is 6.43. The second-order valence-corrected chi connectivity index (χ2v) is 5.30. The Morgan fingerprint density at radius 2 is 2.10 bits per heavy atom. The van der Waals surface area contributed by atoms with Gasteiger partial charge in [-0.3, -0.25) is 9.78 Å². The third-order valence-corrected chi connectivity index (χ3v) is 3.14. The first-order chi connectivity index (χ1) is 9.95. The highest BCUT2D eigenvalue weighted by Gasteiger charge is 2.10. The summed E-state index contributed by atoms with van der Waals surface area (Å²) in [7, 11) is 3.81. The number of pyridine rings is 1. The highest BCUT2D eigenvalue weighted by Crippen LogP contribution is 2.27. The number of nitrogens with one attached hydrogen (secondary N) is 1. The molecule has 0 spiro atoms. The lowest BCUT2D eigenvalue weighted by Gasteiger charge is -2.18. The number of hydrogen-bond donors (Lipinski definition) is 2. The zero-order valence-electron chi connectivity index (χ0n) is 11.9. The lowest BCUT2D eigenvalue weighted by molar-refractivity contribution is -0.115. The summed E-state index contributed by atoms with van der Waals surface area (Å²) in [6.45, 7) is 0. The van der Waals surface area contributed by atoms with Crippen LogP contribution in [0.5, 0.6) is 0 Å². The van der Waals surface area contributed by atoms with Gasteiger partial charge in [0.15, 0.2) is 0 Å². The van der Waals surface area contributed by atoms with Crippen molar-refractivity contribution >= 4 is 34.6 Å². The van der Waals surface area contributed by atoms with E-state index in [1.165, 1.54) is 6.20 Å². The minimum absolute atomic E-state index is 0.155. The fourth-order valence-electron chi connectivity index (χ4n) is 1.90. The van der Waals surface area contributed by atoms with E-state index in [0.29, 0.717) is 22.1 Å². The number of carbonyl (C=O) groups excluding carboxylic acids is 1. The van der Waals surface area contributed by atoms with E-state index in [1.807, 2.05) is 25.1 Å². The van der Waals surface area contributed by atoms with Gasteiger partial charge in [-0.15, -0.1) is 0 Å². The van der Waals surface area contributed by atoms with E-state index < -0.39 is 0 Å². The predicted octanol–water partition coefficient (Wildman–Crippen LogP) is 2.56. The smallest absolute Gasteiger partial charge is 0.230 e. The van der Waals surface area contributed by atoms with Crippen molar-refractivity contribution < 1.29 is 4.79 Å². The number of nitrogens with zero attached hydrogens (tertiary/aromatic N) is 2. The molecule has 0 unspecified atom stereocenters. The molecule has 6 heteroatoms. The summed E-state index contributed by atoms with van der Waals surface area (Å²) in [5.74, 6) is -0.155. The zero-order chi connectivity index (χ0) is 15.4. The van der Waals surface area contributed by atoms with E-state index in [2.05, 4.69) is 10.3 Å². The third kappa shape index (κ3) is 4.10. The molecule has 2 aromatic rings. The van der Waals surface area contributed by atoms with Crippen LogP contribution in [0.1, 0.15) is 5.69 Å². The van der Waals surface area contributed by atoms with Gasteiger partial charge in [-0.25, -0.2) is 0 Å². The quantitative estimate of drug-likeness (QED) is 0.910. The van der Waals surface area contributed by atoms with E-state index in [-0.39, 0.29) is 12.3 Å². The van der Waals surface area contributed by atoms with Crippen LogP contribution < -0.4 is 16.0 Å². The second-order valence-electron chi connectivity index (χ2n) is 4.86. The largest absolute Gasteiger partial charge is 0.397 e. The van der Waals surface area contributed by atoms with Crippen molar-refractivity contribution in [2.75, 3.05) is 30.0 Å². The van der Waals surface area contributed by atoms with E-state index in [9.17, 15) is 4.79 Å². The molecule has 1 heterocycles. The van der Waals surface area contributed by atoms with Crippen LogP contribution in [0.4, 0.5) is 17.1 Å². The number of amides is 1. The van der Waals surface area contributed by atoms with Gasteiger partial charge in [0.1, 0.15) is 0 Å². The topological polar surface area (TPSA) is 71.2 Å².